The zero-order valence-corrected chi connectivity index (χ0v) is 21.4. The molecule has 1 amide bonds. The summed E-state index contributed by atoms with van der Waals surface area (Å²) < 4.78 is 51.5. The Morgan fingerprint density at radius 1 is 1.03 bits per heavy atom. The van der Waals surface area contributed by atoms with Crippen LogP contribution in [0.4, 0.5) is 8.78 Å². The van der Waals surface area contributed by atoms with E-state index in [4.69, 9.17) is 4.42 Å². The summed E-state index contributed by atoms with van der Waals surface area (Å²) in [6, 6.07) is 16.7. The molecule has 2 aliphatic carbocycles. The number of fused-ring (bicyclic) bond motifs is 1. The van der Waals surface area contributed by atoms with E-state index in [1.807, 2.05) is 36.4 Å². The number of nitrogens with zero attached hydrogens (tertiary/aromatic N) is 5. The molecule has 2 aliphatic rings. The molecule has 2 N–H and O–H groups in total. The molecule has 13 heteroatoms. The van der Waals surface area contributed by atoms with Gasteiger partial charge < -0.3 is 9.73 Å². The Morgan fingerprint density at radius 2 is 1.74 bits per heavy atom. The maximum atomic E-state index is 14.0. The topological polar surface area (TPSA) is 139 Å². The summed E-state index contributed by atoms with van der Waals surface area (Å²) in [5.41, 5.74) is 2.08. The number of nitrogens with one attached hydrogen (secondary N) is 2. The van der Waals surface area contributed by atoms with Crippen molar-refractivity contribution >= 4 is 27.9 Å². The van der Waals surface area contributed by atoms with Gasteiger partial charge in [0, 0.05) is 18.2 Å². The molecule has 0 aliphatic heterocycles. The van der Waals surface area contributed by atoms with E-state index in [0.717, 1.165) is 16.8 Å². The number of hydrogen-bond donors (Lipinski definition) is 2. The second-order valence-electron chi connectivity index (χ2n) is 10.0. The highest BCUT2D eigenvalue weighted by atomic mass is 32.2. The molecule has 2 aromatic carbocycles. The lowest BCUT2D eigenvalue weighted by molar-refractivity contribution is -0.0441. The van der Waals surface area contributed by atoms with Crippen molar-refractivity contribution in [3.63, 3.8) is 0 Å². The van der Waals surface area contributed by atoms with Crippen molar-refractivity contribution in [1.82, 2.24) is 30.2 Å². The van der Waals surface area contributed by atoms with Crippen LogP contribution in [0.2, 0.25) is 0 Å². The third-order valence-electron chi connectivity index (χ3n) is 7.30. The minimum atomic E-state index is -2.90. The molecule has 39 heavy (non-hydrogen) atoms. The second-order valence-corrected chi connectivity index (χ2v) is 11.6. The van der Waals surface area contributed by atoms with Crippen LogP contribution >= 0.6 is 0 Å². The fraction of sp³-hybridized carbons (Fsp3) is 0.346. The Labute approximate surface area is 224 Å². The van der Waals surface area contributed by atoms with Gasteiger partial charge in [0.1, 0.15) is 33.3 Å². The maximum absolute atomic E-state index is 14.0. The van der Waals surface area contributed by atoms with Crippen molar-refractivity contribution in [2.45, 2.75) is 54.9 Å². The van der Waals surface area contributed by atoms with Crippen molar-refractivity contribution in [2.75, 3.05) is 0 Å². The number of carbonyl (C=O) groups is 1. The zero-order valence-electron chi connectivity index (χ0n) is 20.6. The van der Waals surface area contributed by atoms with Crippen molar-refractivity contribution in [3.05, 3.63) is 60.6 Å². The van der Waals surface area contributed by atoms with Crippen LogP contribution in [0.15, 0.2) is 59.3 Å². The summed E-state index contributed by atoms with van der Waals surface area (Å²) in [6.45, 7) is 0. The molecule has 2 saturated carbocycles. The van der Waals surface area contributed by atoms with Gasteiger partial charge in [0.05, 0.1) is 11.8 Å². The predicted molar refractivity (Wildman–Crippen MR) is 137 cm³/mol. The van der Waals surface area contributed by atoms with Gasteiger partial charge in [0.15, 0.2) is 5.76 Å². The van der Waals surface area contributed by atoms with Crippen molar-refractivity contribution in [1.29, 1.82) is 5.26 Å². The van der Waals surface area contributed by atoms with Gasteiger partial charge in [-0.3, -0.25) is 4.79 Å². The molecule has 0 bridgehead atoms. The first-order chi connectivity index (χ1) is 18.7. The van der Waals surface area contributed by atoms with Crippen molar-refractivity contribution in [3.8, 4) is 22.9 Å². The third kappa shape index (κ3) is 4.93. The first kappa shape index (κ1) is 25.3. The highest BCUT2D eigenvalue weighted by molar-refractivity contribution is 7.84. The lowest BCUT2D eigenvalue weighted by atomic mass is 9.91. The van der Waals surface area contributed by atoms with Gasteiger partial charge in [0.25, 0.3) is 5.91 Å². The first-order valence-electron chi connectivity index (χ1n) is 12.4. The fourth-order valence-corrected chi connectivity index (χ4v) is 6.25. The van der Waals surface area contributed by atoms with Gasteiger partial charge in [0.2, 0.25) is 5.92 Å². The molecule has 0 radical (unpaired) electrons. The van der Waals surface area contributed by atoms with E-state index in [-0.39, 0.29) is 18.6 Å². The van der Waals surface area contributed by atoms with E-state index in [9.17, 15) is 23.0 Å². The number of rotatable bonds is 7. The number of carbonyl (C=O) groups excluding carboxylic acids is 1. The molecule has 0 saturated heterocycles. The van der Waals surface area contributed by atoms with E-state index in [0.29, 0.717) is 23.8 Å². The fourth-order valence-electron chi connectivity index (χ4n) is 4.69. The van der Waals surface area contributed by atoms with Crippen LogP contribution in [0.25, 0.3) is 27.8 Å². The van der Waals surface area contributed by atoms with E-state index in [2.05, 4.69) is 31.6 Å². The number of amides is 1. The summed E-state index contributed by atoms with van der Waals surface area (Å²) in [7, 11) is -1.95. The molecule has 200 valence electrons. The summed E-state index contributed by atoms with van der Waals surface area (Å²) in [5.74, 6) is -3.57. The molecule has 1 unspecified atom stereocenters. The molecule has 4 aromatic rings. The Balaban J connectivity index is 1.23. The monoisotopic (exact) mass is 551 g/mol. The number of benzene rings is 2. The van der Waals surface area contributed by atoms with Crippen LogP contribution in [0.3, 0.4) is 0 Å². The van der Waals surface area contributed by atoms with Crippen LogP contribution in [0, 0.1) is 11.3 Å². The number of alkyl halides is 2. The molecule has 6 rings (SSSR count). The SMILES string of the molecule is N#CC1(NS(=O)C2(NC(=O)c3cc4ccc(-c5ccc(-n6cnnn6)cc5)cc4o3)CCC(F)(F)CC2)CC1. The number of hydrogen-bond acceptors (Lipinski definition) is 7. The van der Waals surface area contributed by atoms with E-state index in [1.165, 1.54) is 11.0 Å². The second kappa shape index (κ2) is 9.32. The van der Waals surface area contributed by atoms with Crippen LogP contribution < -0.4 is 10.0 Å². The Bertz CT molecular complexity index is 1600. The van der Waals surface area contributed by atoms with Crippen LogP contribution in [-0.4, -0.2) is 46.7 Å². The van der Waals surface area contributed by atoms with Gasteiger partial charge in [-0.2, -0.15) is 5.26 Å². The maximum Gasteiger partial charge on any atom is 0.288 e. The molecular weight excluding hydrogens is 528 g/mol. The van der Waals surface area contributed by atoms with E-state index in [1.54, 1.807) is 12.1 Å². The number of furan rings is 1. The summed E-state index contributed by atoms with van der Waals surface area (Å²) >= 11 is 0. The highest BCUT2D eigenvalue weighted by Crippen LogP contribution is 2.42. The van der Waals surface area contributed by atoms with Gasteiger partial charge in [-0.25, -0.2) is 22.4 Å². The van der Waals surface area contributed by atoms with Gasteiger partial charge in [-0.1, -0.05) is 24.3 Å². The quantitative estimate of drug-likeness (QED) is 0.354. The smallest absolute Gasteiger partial charge is 0.288 e. The minimum absolute atomic E-state index is 0.0219. The Kier molecular flexibility index (Phi) is 6.04. The molecule has 2 aromatic heterocycles. The number of tetrazole rings is 1. The molecule has 2 heterocycles. The standard InChI is InChI=1S/C26H23F2N7O3S/c27-25(28)9-11-26(12-10-25,39(37)32-24(15-29)7-8-24)31-23(36)22-14-19-2-1-18(13-21(19)38-22)17-3-5-20(6-4-17)35-16-30-33-34-35/h1-6,13-14,16,32H,7-12H2,(H,31,36). The number of nitriles is 1. The minimum Gasteiger partial charge on any atom is -0.451 e. The van der Waals surface area contributed by atoms with Crippen LogP contribution in [-0.2, 0) is 11.0 Å². The zero-order chi connectivity index (χ0) is 27.3. The average Bonchev–Trinajstić information content (AvgIpc) is 3.30. The summed E-state index contributed by atoms with van der Waals surface area (Å²) in [6.07, 6.45) is 1.10. The normalized spacial score (nSPS) is 19.7. The van der Waals surface area contributed by atoms with E-state index < -0.39 is 46.1 Å². The summed E-state index contributed by atoms with van der Waals surface area (Å²) in [5, 5.41) is 23.9. The Morgan fingerprint density at radius 3 is 2.38 bits per heavy atom. The van der Waals surface area contributed by atoms with Gasteiger partial charge in [-0.15, -0.1) is 5.10 Å². The van der Waals surface area contributed by atoms with E-state index >= 15 is 0 Å². The molecule has 10 nitrogen and oxygen atoms in total. The van der Waals surface area contributed by atoms with Crippen molar-refractivity contribution < 1.29 is 22.2 Å². The third-order valence-corrected chi connectivity index (χ3v) is 9.09. The van der Waals surface area contributed by atoms with Crippen LogP contribution in [0.5, 0.6) is 0 Å². The average molecular weight is 552 g/mol. The van der Waals surface area contributed by atoms with Gasteiger partial charge >= 0.3 is 0 Å². The lowest BCUT2D eigenvalue weighted by Crippen LogP contribution is -2.59. The lowest BCUT2D eigenvalue weighted by Gasteiger charge is -2.39. The summed E-state index contributed by atoms with van der Waals surface area (Å²) in [4.78, 5) is 11.8. The number of aromatic nitrogens is 4. The first-order valence-corrected chi connectivity index (χ1v) is 13.5. The predicted octanol–water partition coefficient (Wildman–Crippen LogP) is 4.02. The molecular formula is C26H23F2N7O3S. The Hall–Kier alpha value is -4.02. The number of halogens is 2. The highest BCUT2D eigenvalue weighted by Gasteiger charge is 2.53. The molecule has 0 spiro atoms. The largest absolute Gasteiger partial charge is 0.451 e. The van der Waals surface area contributed by atoms with Gasteiger partial charge in [-0.05, 0) is 71.5 Å². The van der Waals surface area contributed by atoms with Crippen molar-refractivity contribution in [2.24, 2.45) is 0 Å². The molecule has 2 fully saturated rings. The molecule has 1 atom stereocenters. The van der Waals surface area contributed by atoms with Crippen LogP contribution in [0.1, 0.15) is 49.1 Å².